The number of benzene rings is 1. The Labute approximate surface area is 103 Å². The van der Waals surface area contributed by atoms with Gasteiger partial charge in [0.25, 0.3) is 0 Å². The molecule has 1 heterocycles. The first-order valence-corrected chi connectivity index (χ1v) is 6.52. The molecule has 1 aromatic rings. The van der Waals surface area contributed by atoms with Crippen molar-refractivity contribution in [2.75, 3.05) is 19.7 Å². The molecule has 1 fully saturated rings. The van der Waals surface area contributed by atoms with E-state index >= 15 is 0 Å². The van der Waals surface area contributed by atoms with Gasteiger partial charge in [-0.15, -0.1) is 0 Å². The second-order valence-electron chi connectivity index (χ2n) is 4.70. The van der Waals surface area contributed by atoms with Crippen LogP contribution < -0.4 is 10.6 Å². The highest BCUT2D eigenvalue weighted by Crippen LogP contribution is 2.12. The molecule has 2 atom stereocenters. The highest BCUT2D eigenvalue weighted by molar-refractivity contribution is 5.18. The molecule has 0 radical (unpaired) electrons. The number of piperidine rings is 1. The van der Waals surface area contributed by atoms with Crippen molar-refractivity contribution in [2.45, 2.75) is 31.3 Å². The van der Waals surface area contributed by atoms with E-state index in [1.165, 1.54) is 19.3 Å². The molecule has 3 nitrogen and oxygen atoms in total. The number of aliphatic hydroxyl groups excluding tert-OH is 1. The minimum absolute atomic E-state index is 0.0555. The summed E-state index contributed by atoms with van der Waals surface area (Å²) in [6, 6.07) is 10.8. The van der Waals surface area contributed by atoms with Gasteiger partial charge in [0.1, 0.15) is 0 Å². The Balaban J connectivity index is 1.83. The van der Waals surface area contributed by atoms with Gasteiger partial charge in [-0.2, -0.15) is 0 Å². The lowest BCUT2D eigenvalue weighted by atomic mass is 10.0. The summed E-state index contributed by atoms with van der Waals surface area (Å²) in [5, 5.41) is 16.4. The van der Waals surface area contributed by atoms with Crippen LogP contribution in [-0.2, 0) is 0 Å². The first kappa shape index (κ1) is 12.6. The van der Waals surface area contributed by atoms with Gasteiger partial charge in [-0.25, -0.2) is 0 Å². The molecule has 1 unspecified atom stereocenters. The summed E-state index contributed by atoms with van der Waals surface area (Å²) >= 11 is 0. The Kier molecular flexibility index (Phi) is 4.98. The predicted molar refractivity (Wildman–Crippen MR) is 69.9 cm³/mol. The number of hydrogen-bond acceptors (Lipinski definition) is 3. The van der Waals surface area contributed by atoms with Crippen LogP contribution in [0.2, 0.25) is 0 Å². The van der Waals surface area contributed by atoms with E-state index in [-0.39, 0.29) is 12.6 Å². The summed E-state index contributed by atoms with van der Waals surface area (Å²) in [6.45, 7) is 2.21. The summed E-state index contributed by atoms with van der Waals surface area (Å²) in [6.07, 6.45) is 3.84. The Morgan fingerprint density at radius 1 is 1.29 bits per heavy atom. The molecule has 3 heteroatoms. The van der Waals surface area contributed by atoms with Crippen LogP contribution in [0.3, 0.4) is 0 Å². The lowest BCUT2D eigenvalue weighted by molar-refractivity contribution is 0.237. The molecule has 0 saturated carbocycles. The zero-order chi connectivity index (χ0) is 11.9. The molecule has 1 aliphatic rings. The fourth-order valence-corrected chi connectivity index (χ4v) is 2.36. The fraction of sp³-hybridized carbons (Fsp3) is 0.571. The topological polar surface area (TPSA) is 44.3 Å². The summed E-state index contributed by atoms with van der Waals surface area (Å²) < 4.78 is 0. The van der Waals surface area contributed by atoms with Crippen molar-refractivity contribution in [3.05, 3.63) is 35.9 Å². The second-order valence-corrected chi connectivity index (χ2v) is 4.70. The lowest BCUT2D eigenvalue weighted by Crippen LogP contribution is -2.43. The average molecular weight is 234 g/mol. The van der Waals surface area contributed by atoms with Gasteiger partial charge in [-0.05, 0) is 24.9 Å². The number of rotatable bonds is 5. The summed E-state index contributed by atoms with van der Waals surface area (Å²) in [7, 11) is 0. The SMILES string of the molecule is OC[C@H](NCC1CCCCN1)c1ccccc1. The molecule has 94 valence electrons. The number of aliphatic hydroxyl groups is 1. The summed E-state index contributed by atoms with van der Waals surface area (Å²) in [5.41, 5.74) is 1.16. The maximum Gasteiger partial charge on any atom is 0.0626 e. The molecule has 3 N–H and O–H groups in total. The van der Waals surface area contributed by atoms with E-state index in [2.05, 4.69) is 22.8 Å². The third kappa shape index (κ3) is 3.80. The summed E-state index contributed by atoms with van der Waals surface area (Å²) in [4.78, 5) is 0. The smallest absolute Gasteiger partial charge is 0.0626 e. The van der Waals surface area contributed by atoms with Crippen molar-refractivity contribution in [2.24, 2.45) is 0 Å². The molecule has 1 aliphatic heterocycles. The lowest BCUT2D eigenvalue weighted by Gasteiger charge is -2.26. The molecule has 0 amide bonds. The van der Waals surface area contributed by atoms with E-state index in [4.69, 9.17) is 0 Å². The minimum Gasteiger partial charge on any atom is -0.394 e. The van der Waals surface area contributed by atoms with E-state index in [1.807, 2.05) is 18.2 Å². The molecular weight excluding hydrogens is 212 g/mol. The average Bonchev–Trinajstić information content (AvgIpc) is 2.42. The van der Waals surface area contributed by atoms with E-state index in [0.717, 1.165) is 18.7 Å². The standard InChI is InChI=1S/C14H22N2O/c17-11-14(12-6-2-1-3-7-12)16-10-13-8-4-5-9-15-13/h1-3,6-7,13-17H,4-5,8-11H2/t13?,14-/m0/s1. The fourth-order valence-electron chi connectivity index (χ4n) is 2.36. The zero-order valence-corrected chi connectivity index (χ0v) is 10.2. The van der Waals surface area contributed by atoms with Gasteiger partial charge in [-0.1, -0.05) is 36.8 Å². The van der Waals surface area contributed by atoms with Crippen molar-refractivity contribution in [1.82, 2.24) is 10.6 Å². The Morgan fingerprint density at radius 2 is 2.12 bits per heavy atom. The van der Waals surface area contributed by atoms with Crippen LogP contribution in [0, 0.1) is 0 Å². The molecule has 0 aliphatic carbocycles. The largest absolute Gasteiger partial charge is 0.394 e. The third-order valence-corrected chi connectivity index (χ3v) is 3.41. The molecule has 0 spiro atoms. The van der Waals surface area contributed by atoms with Gasteiger partial charge >= 0.3 is 0 Å². The molecule has 17 heavy (non-hydrogen) atoms. The van der Waals surface area contributed by atoms with Crippen molar-refractivity contribution >= 4 is 0 Å². The Bertz CT molecular complexity index is 309. The van der Waals surface area contributed by atoms with E-state index in [9.17, 15) is 5.11 Å². The number of nitrogens with one attached hydrogen (secondary N) is 2. The van der Waals surface area contributed by atoms with Crippen LogP contribution >= 0.6 is 0 Å². The van der Waals surface area contributed by atoms with Crippen LogP contribution in [-0.4, -0.2) is 30.8 Å². The molecule has 2 rings (SSSR count). The highest BCUT2D eigenvalue weighted by Gasteiger charge is 2.15. The quantitative estimate of drug-likeness (QED) is 0.722. The minimum atomic E-state index is 0.0555. The maximum absolute atomic E-state index is 9.43. The van der Waals surface area contributed by atoms with E-state index < -0.39 is 0 Å². The van der Waals surface area contributed by atoms with Gasteiger partial charge in [0.05, 0.1) is 12.6 Å². The van der Waals surface area contributed by atoms with Crippen LogP contribution in [0.1, 0.15) is 30.9 Å². The normalized spacial score (nSPS) is 22.3. The van der Waals surface area contributed by atoms with Crippen LogP contribution in [0.4, 0.5) is 0 Å². The van der Waals surface area contributed by atoms with E-state index in [0.29, 0.717) is 6.04 Å². The molecule has 0 aromatic heterocycles. The maximum atomic E-state index is 9.43. The third-order valence-electron chi connectivity index (χ3n) is 3.41. The Morgan fingerprint density at radius 3 is 2.76 bits per heavy atom. The van der Waals surface area contributed by atoms with Crippen LogP contribution in [0.15, 0.2) is 30.3 Å². The van der Waals surface area contributed by atoms with Crippen molar-refractivity contribution < 1.29 is 5.11 Å². The van der Waals surface area contributed by atoms with E-state index in [1.54, 1.807) is 0 Å². The Hall–Kier alpha value is -0.900. The molecule has 1 saturated heterocycles. The van der Waals surface area contributed by atoms with Crippen LogP contribution in [0.25, 0.3) is 0 Å². The first-order chi connectivity index (χ1) is 8.40. The number of hydrogen-bond donors (Lipinski definition) is 3. The van der Waals surface area contributed by atoms with Crippen molar-refractivity contribution in [3.63, 3.8) is 0 Å². The van der Waals surface area contributed by atoms with Gasteiger partial charge < -0.3 is 15.7 Å². The van der Waals surface area contributed by atoms with Gasteiger partial charge in [0.15, 0.2) is 0 Å². The van der Waals surface area contributed by atoms with Crippen LogP contribution in [0.5, 0.6) is 0 Å². The molecule has 0 bridgehead atoms. The highest BCUT2D eigenvalue weighted by atomic mass is 16.3. The summed E-state index contributed by atoms with van der Waals surface area (Å²) in [5.74, 6) is 0. The van der Waals surface area contributed by atoms with Gasteiger partial charge in [-0.3, -0.25) is 0 Å². The first-order valence-electron chi connectivity index (χ1n) is 6.52. The molecule has 1 aromatic carbocycles. The van der Waals surface area contributed by atoms with Crippen molar-refractivity contribution in [1.29, 1.82) is 0 Å². The predicted octanol–water partition coefficient (Wildman–Crippen LogP) is 1.45. The molecular formula is C14H22N2O. The zero-order valence-electron chi connectivity index (χ0n) is 10.2. The monoisotopic (exact) mass is 234 g/mol. The van der Waals surface area contributed by atoms with Crippen molar-refractivity contribution in [3.8, 4) is 0 Å². The van der Waals surface area contributed by atoms with Gasteiger partial charge in [0, 0.05) is 12.6 Å². The second kappa shape index (κ2) is 6.74. The van der Waals surface area contributed by atoms with Gasteiger partial charge in [0.2, 0.25) is 0 Å².